The zero-order valence-electron chi connectivity index (χ0n) is 19.7. The van der Waals surface area contributed by atoms with Crippen LogP contribution in [0.5, 0.6) is 0 Å². The van der Waals surface area contributed by atoms with Crippen LogP contribution in [0.4, 0.5) is 0 Å². The van der Waals surface area contributed by atoms with E-state index in [0.717, 1.165) is 39.2 Å². The van der Waals surface area contributed by atoms with Crippen LogP contribution in [-0.4, -0.2) is 26.2 Å². The smallest absolute Gasteiger partial charge is 0.336 e. The van der Waals surface area contributed by atoms with E-state index in [1.165, 1.54) is 18.9 Å². The Morgan fingerprint density at radius 3 is 2.52 bits per heavy atom. The minimum Gasteiger partial charge on any atom is -0.516 e. The SMILES string of the molecule is C=C/C(C)=C(\C=C\O)C(=O)O.CC.C\C=C/C(=C\C=C\C1CC1)c1cc2nc[nH]c2cc1Cl. The summed E-state index contributed by atoms with van der Waals surface area (Å²) in [7, 11) is 0. The van der Waals surface area contributed by atoms with Crippen LogP contribution in [0, 0.1) is 5.92 Å². The number of carbonyl (C=O) groups is 1. The molecule has 1 aliphatic carbocycles. The fraction of sp³-hybridized carbons (Fsp3) is 0.259. The fourth-order valence-electron chi connectivity index (χ4n) is 2.75. The highest BCUT2D eigenvalue weighted by atomic mass is 35.5. The molecule has 1 aliphatic rings. The average Bonchev–Trinajstić information content (AvgIpc) is 3.53. The first-order valence-corrected chi connectivity index (χ1v) is 11.3. The molecule has 2 aromatic rings. The minimum atomic E-state index is -1.08. The molecule has 176 valence electrons. The van der Waals surface area contributed by atoms with Crippen molar-refractivity contribution in [1.82, 2.24) is 9.97 Å². The minimum absolute atomic E-state index is 0.0440. The maximum Gasteiger partial charge on any atom is 0.336 e. The van der Waals surface area contributed by atoms with Crippen molar-refractivity contribution in [3.8, 4) is 0 Å². The summed E-state index contributed by atoms with van der Waals surface area (Å²) in [5.74, 6) is -0.296. The van der Waals surface area contributed by atoms with Gasteiger partial charge in [0, 0.05) is 5.56 Å². The van der Waals surface area contributed by atoms with E-state index in [2.05, 4.69) is 40.9 Å². The molecule has 1 aromatic carbocycles. The second-order valence-corrected chi connectivity index (χ2v) is 7.42. The van der Waals surface area contributed by atoms with Crippen molar-refractivity contribution in [2.75, 3.05) is 0 Å². The molecule has 0 unspecified atom stereocenters. The Bertz CT molecular complexity index is 1080. The molecule has 3 N–H and O–H groups in total. The third-order valence-electron chi connectivity index (χ3n) is 4.65. The van der Waals surface area contributed by atoms with Crippen LogP contribution in [0.1, 0.15) is 46.1 Å². The van der Waals surface area contributed by atoms with Crippen LogP contribution in [0.2, 0.25) is 5.02 Å². The number of rotatable bonds is 7. The summed E-state index contributed by atoms with van der Waals surface area (Å²) >= 11 is 6.40. The molecule has 0 radical (unpaired) electrons. The summed E-state index contributed by atoms with van der Waals surface area (Å²) in [5.41, 5.74) is 4.59. The number of nitrogens with one attached hydrogen (secondary N) is 1. The predicted molar refractivity (Wildman–Crippen MR) is 139 cm³/mol. The number of aliphatic carboxylic acids is 1. The van der Waals surface area contributed by atoms with Crippen LogP contribution in [0.3, 0.4) is 0 Å². The molecule has 1 heterocycles. The average molecular weight is 469 g/mol. The third-order valence-corrected chi connectivity index (χ3v) is 4.96. The van der Waals surface area contributed by atoms with Gasteiger partial charge in [-0.3, -0.25) is 0 Å². The lowest BCUT2D eigenvalue weighted by atomic mass is 10.0. The van der Waals surface area contributed by atoms with E-state index in [0.29, 0.717) is 11.8 Å². The number of nitrogens with zero attached hydrogens (tertiary/aromatic N) is 1. The lowest BCUT2D eigenvalue weighted by molar-refractivity contribution is -0.132. The van der Waals surface area contributed by atoms with Gasteiger partial charge in [0.2, 0.25) is 0 Å². The zero-order chi connectivity index (χ0) is 24.8. The van der Waals surface area contributed by atoms with E-state index in [9.17, 15) is 4.79 Å². The third kappa shape index (κ3) is 8.99. The zero-order valence-corrected chi connectivity index (χ0v) is 20.4. The number of benzene rings is 1. The van der Waals surface area contributed by atoms with Crippen molar-refractivity contribution in [1.29, 1.82) is 0 Å². The Morgan fingerprint density at radius 2 is 1.97 bits per heavy atom. The molecule has 1 saturated carbocycles. The summed E-state index contributed by atoms with van der Waals surface area (Å²) in [4.78, 5) is 17.8. The first-order chi connectivity index (χ1) is 15.9. The first kappa shape index (κ1) is 27.7. The number of imidazole rings is 1. The van der Waals surface area contributed by atoms with Gasteiger partial charge in [-0.15, -0.1) is 0 Å². The molecular weight excluding hydrogens is 436 g/mol. The monoisotopic (exact) mass is 468 g/mol. The summed E-state index contributed by atoms with van der Waals surface area (Å²) in [5, 5.41) is 17.6. The normalized spacial score (nSPS) is 14.6. The van der Waals surface area contributed by atoms with Crippen molar-refractivity contribution < 1.29 is 15.0 Å². The van der Waals surface area contributed by atoms with Gasteiger partial charge in [0.25, 0.3) is 0 Å². The van der Waals surface area contributed by atoms with Gasteiger partial charge in [0.05, 0.1) is 34.2 Å². The largest absolute Gasteiger partial charge is 0.516 e. The number of carboxylic acid groups (broad SMARTS) is 1. The molecule has 0 aliphatic heterocycles. The highest BCUT2D eigenvalue weighted by molar-refractivity contribution is 6.33. The van der Waals surface area contributed by atoms with Gasteiger partial charge in [-0.25, -0.2) is 9.78 Å². The van der Waals surface area contributed by atoms with Crippen molar-refractivity contribution >= 4 is 34.2 Å². The molecule has 33 heavy (non-hydrogen) atoms. The molecule has 0 amide bonds. The van der Waals surface area contributed by atoms with Crippen molar-refractivity contribution in [3.05, 3.63) is 95.6 Å². The van der Waals surface area contributed by atoms with Crippen molar-refractivity contribution in [2.45, 2.75) is 40.5 Å². The topological polar surface area (TPSA) is 86.2 Å². The Labute approximate surface area is 201 Å². The van der Waals surface area contributed by atoms with Gasteiger partial charge in [0.1, 0.15) is 0 Å². The maximum absolute atomic E-state index is 10.4. The van der Waals surface area contributed by atoms with Crippen molar-refractivity contribution in [3.63, 3.8) is 0 Å². The molecule has 0 bridgehead atoms. The van der Waals surface area contributed by atoms with Crippen LogP contribution < -0.4 is 0 Å². The first-order valence-electron chi connectivity index (χ1n) is 10.9. The Hall–Kier alpha value is -3.31. The number of carboxylic acids is 1. The molecular formula is C27H33ClN2O3. The van der Waals surface area contributed by atoms with E-state index in [1.54, 1.807) is 13.3 Å². The summed E-state index contributed by atoms with van der Waals surface area (Å²) < 4.78 is 0. The number of aliphatic hydroxyl groups excluding tert-OH is 1. The van der Waals surface area contributed by atoms with Gasteiger partial charge in [0.15, 0.2) is 0 Å². The van der Waals surface area contributed by atoms with Crippen LogP contribution >= 0.6 is 11.6 Å². The molecule has 1 fully saturated rings. The predicted octanol–water partition coefficient (Wildman–Crippen LogP) is 7.81. The maximum atomic E-state index is 10.4. The van der Waals surface area contributed by atoms with E-state index in [4.69, 9.17) is 21.8 Å². The van der Waals surface area contributed by atoms with Crippen molar-refractivity contribution in [2.24, 2.45) is 5.92 Å². The molecule has 6 heteroatoms. The Balaban J connectivity index is 0.000000360. The second-order valence-electron chi connectivity index (χ2n) is 7.02. The highest BCUT2D eigenvalue weighted by Crippen LogP contribution is 2.31. The summed E-state index contributed by atoms with van der Waals surface area (Å²) in [6.45, 7) is 11.0. The van der Waals surface area contributed by atoms with Gasteiger partial charge in [-0.1, -0.05) is 68.5 Å². The van der Waals surface area contributed by atoms with Gasteiger partial charge in [-0.05, 0) is 62.0 Å². The standard InChI is InChI=1S/C17H17ClN2.C8H10O3.C2H6/c1-2-4-13(6-3-5-12-7-8-12)14-9-16-17(10-15(14)18)20-11-19-16;1-3-6(2)7(4-5-9)8(10)11;1-2/h2-6,9-12H,7-8H2,1H3,(H,19,20);3-5,9H,1H2,2H3,(H,10,11);1-2H3/b4-2-,5-3+,13-6+;5-4+,7-6+;. The molecule has 5 nitrogen and oxygen atoms in total. The number of aromatic nitrogens is 2. The number of allylic oxidation sites excluding steroid dienone is 8. The lowest BCUT2D eigenvalue weighted by Gasteiger charge is -2.05. The number of H-pyrrole nitrogens is 1. The van der Waals surface area contributed by atoms with E-state index >= 15 is 0 Å². The van der Waals surface area contributed by atoms with Gasteiger partial charge in [-0.2, -0.15) is 0 Å². The summed E-state index contributed by atoms with van der Waals surface area (Å²) in [6, 6.07) is 3.96. The second kappa shape index (κ2) is 14.7. The number of fused-ring (bicyclic) bond motifs is 1. The number of aromatic amines is 1. The highest BCUT2D eigenvalue weighted by Gasteiger charge is 2.16. The molecule has 0 saturated heterocycles. The molecule has 0 spiro atoms. The number of hydrogen-bond acceptors (Lipinski definition) is 3. The Kier molecular flexibility index (Phi) is 12.3. The fourth-order valence-corrected chi connectivity index (χ4v) is 3.03. The number of hydrogen-bond donors (Lipinski definition) is 3. The van der Waals surface area contributed by atoms with Gasteiger partial charge >= 0.3 is 5.97 Å². The van der Waals surface area contributed by atoms with Crippen LogP contribution in [0.25, 0.3) is 16.6 Å². The molecule has 3 rings (SSSR count). The number of aliphatic hydroxyl groups is 1. The molecule has 0 atom stereocenters. The van der Waals surface area contributed by atoms with Gasteiger partial charge < -0.3 is 15.2 Å². The quantitative estimate of drug-likeness (QED) is 0.219. The summed E-state index contributed by atoms with van der Waals surface area (Å²) in [6.07, 6.45) is 18.2. The van der Waals surface area contributed by atoms with E-state index < -0.39 is 5.97 Å². The molecule has 1 aromatic heterocycles. The number of halogens is 1. The van der Waals surface area contributed by atoms with Crippen LogP contribution in [-0.2, 0) is 4.79 Å². The van der Waals surface area contributed by atoms with Crippen LogP contribution in [0.15, 0.2) is 85.0 Å². The Morgan fingerprint density at radius 1 is 1.27 bits per heavy atom. The van der Waals surface area contributed by atoms with E-state index in [1.807, 2.05) is 39.0 Å². The lowest BCUT2D eigenvalue weighted by Crippen LogP contribution is -1.99. The van der Waals surface area contributed by atoms with E-state index in [-0.39, 0.29) is 5.57 Å².